The van der Waals surface area contributed by atoms with Gasteiger partial charge in [-0.2, -0.15) is 0 Å². The quantitative estimate of drug-likeness (QED) is 0.689. The predicted molar refractivity (Wildman–Crippen MR) is 62.7 cm³/mol. The molecule has 0 bridgehead atoms. The Hall–Kier alpha value is -0.600. The molecule has 0 fully saturated rings. The molecule has 0 saturated heterocycles. The van der Waals surface area contributed by atoms with E-state index in [1.807, 2.05) is 6.08 Å². The first kappa shape index (κ1) is 13.5. The molecule has 0 N–H and O–H groups in total. The molecule has 0 saturated carbocycles. The third-order valence-corrected chi connectivity index (χ3v) is 3.19. The van der Waals surface area contributed by atoms with Crippen LogP contribution in [0.4, 0.5) is 0 Å². The first-order valence-corrected chi connectivity index (χ1v) is 5.68. The maximum Gasteiger partial charge on any atom is 0.164 e. The Bertz CT molecular complexity index is 287. The van der Waals surface area contributed by atoms with Gasteiger partial charge in [0, 0.05) is 6.42 Å². The second kappa shape index (κ2) is 5.65. The highest BCUT2D eigenvalue weighted by Crippen LogP contribution is 2.40. The van der Waals surface area contributed by atoms with Crippen LogP contribution in [0.5, 0.6) is 0 Å². The first-order chi connectivity index (χ1) is 7.47. The minimum absolute atomic E-state index is 0.139. The van der Waals surface area contributed by atoms with Gasteiger partial charge in [0.25, 0.3) is 0 Å². The van der Waals surface area contributed by atoms with Gasteiger partial charge >= 0.3 is 0 Å². The minimum Gasteiger partial charge on any atom is -0.230 e. The summed E-state index contributed by atoms with van der Waals surface area (Å²) in [7, 11) is 0. The summed E-state index contributed by atoms with van der Waals surface area (Å²) in [5.74, 6) is 0. The van der Waals surface area contributed by atoms with Gasteiger partial charge < -0.3 is 0 Å². The molecule has 0 amide bonds. The van der Waals surface area contributed by atoms with Crippen LogP contribution in [0.3, 0.4) is 0 Å². The molecular weight excluding hydrogens is 200 g/mol. The van der Waals surface area contributed by atoms with Crippen LogP contribution in [0.15, 0.2) is 23.3 Å². The molecule has 0 aromatic rings. The molecule has 5 radical (unpaired) electrons. The highest BCUT2D eigenvalue weighted by molar-refractivity contribution is 5.35. The van der Waals surface area contributed by atoms with Gasteiger partial charge in [0.05, 0.1) is 0 Å². The van der Waals surface area contributed by atoms with Crippen LogP contribution >= 0.6 is 0 Å². The van der Waals surface area contributed by atoms with Gasteiger partial charge in [-0.25, -0.2) is 10.2 Å². The van der Waals surface area contributed by atoms with Crippen molar-refractivity contribution in [3.8, 4) is 0 Å². The van der Waals surface area contributed by atoms with Crippen molar-refractivity contribution in [1.29, 1.82) is 0 Å². The Morgan fingerprint density at radius 1 is 1.38 bits per heavy atom. The number of rotatable bonds is 4. The van der Waals surface area contributed by atoms with Crippen molar-refractivity contribution >= 4 is 0 Å². The van der Waals surface area contributed by atoms with Crippen molar-refractivity contribution < 1.29 is 10.2 Å². The number of hydrogen-bond acceptors (Lipinski definition) is 0. The van der Waals surface area contributed by atoms with Crippen molar-refractivity contribution in [3.63, 3.8) is 0 Å². The fourth-order valence-corrected chi connectivity index (χ4v) is 2.30. The molecule has 0 aromatic heterocycles. The van der Waals surface area contributed by atoms with Crippen molar-refractivity contribution in [2.75, 3.05) is 0 Å². The van der Waals surface area contributed by atoms with Crippen LogP contribution in [-0.4, -0.2) is 0 Å². The second-order valence-corrected chi connectivity index (χ2v) is 4.97. The van der Waals surface area contributed by atoms with E-state index >= 15 is 0 Å². The zero-order valence-electron chi connectivity index (χ0n) is 10.2. The normalized spacial score (nSPS) is 21.1. The monoisotopic (exact) mass is 219 g/mol. The summed E-state index contributed by atoms with van der Waals surface area (Å²) >= 11 is 0. The summed E-state index contributed by atoms with van der Waals surface area (Å²) in [6.07, 6.45) is 7.63. The maximum absolute atomic E-state index is 11.2. The van der Waals surface area contributed by atoms with Gasteiger partial charge in [0.1, 0.15) is 6.61 Å². The zero-order chi connectivity index (χ0) is 12.2. The van der Waals surface area contributed by atoms with E-state index in [0.29, 0.717) is 6.61 Å². The van der Waals surface area contributed by atoms with E-state index in [1.165, 1.54) is 23.6 Å². The fourth-order valence-electron chi connectivity index (χ4n) is 2.30. The largest absolute Gasteiger partial charge is 0.230 e. The molecular formula is C14H19O2. The van der Waals surface area contributed by atoms with Crippen molar-refractivity contribution in [2.24, 2.45) is 5.41 Å². The van der Waals surface area contributed by atoms with Gasteiger partial charge in [-0.15, -0.1) is 0 Å². The van der Waals surface area contributed by atoms with E-state index in [2.05, 4.69) is 20.8 Å². The van der Waals surface area contributed by atoms with Crippen LogP contribution in [0.25, 0.3) is 0 Å². The van der Waals surface area contributed by atoms with Crippen LogP contribution in [-0.2, 0) is 10.2 Å². The van der Waals surface area contributed by atoms with Crippen LogP contribution in [0.1, 0.15) is 40.0 Å². The molecule has 1 rings (SSSR count). The lowest BCUT2D eigenvalue weighted by Gasteiger charge is -2.33. The Labute approximate surface area is 98.7 Å². The average molecular weight is 219 g/mol. The fraction of sp³-hybridized carbons (Fsp3) is 0.500. The third-order valence-electron chi connectivity index (χ3n) is 3.19. The Morgan fingerprint density at radius 2 is 2.06 bits per heavy atom. The number of allylic oxidation sites excluding steroid dienone is 3. The molecule has 0 aromatic carbocycles. The van der Waals surface area contributed by atoms with Crippen molar-refractivity contribution in [2.45, 2.75) is 40.0 Å². The third kappa shape index (κ3) is 3.46. The lowest BCUT2D eigenvalue weighted by Crippen LogP contribution is -2.19. The molecule has 0 unspecified atom stereocenters. The van der Waals surface area contributed by atoms with E-state index in [0.717, 1.165) is 19.3 Å². The summed E-state index contributed by atoms with van der Waals surface area (Å²) in [5, 5.41) is 21.3. The molecule has 0 atom stereocenters. The van der Waals surface area contributed by atoms with Gasteiger partial charge in [0.15, 0.2) is 6.10 Å². The van der Waals surface area contributed by atoms with Crippen LogP contribution in [0.2, 0.25) is 0 Å². The SMILES string of the molecule is CC1=C(/C=C/[C]([O])[CH][CH][O])C(C)(C)CCC1. The molecule has 87 valence electrons. The standard InChI is InChI=1S/C14H19O2/c1-11-5-4-9-14(2,3)13(11)7-6-12(16)8-10-15/h6-8,10H,4-5,9H2,1-3H3/b7-6+. The van der Waals surface area contributed by atoms with Gasteiger partial charge in [-0.3, -0.25) is 0 Å². The van der Waals surface area contributed by atoms with Gasteiger partial charge in [0.2, 0.25) is 0 Å². The highest BCUT2D eigenvalue weighted by Gasteiger charge is 2.26. The zero-order valence-corrected chi connectivity index (χ0v) is 10.2. The van der Waals surface area contributed by atoms with E-state index in [-0.39, 0.29) is 11.5 Å². The summed E-state index contributed by atoms with van der Waals surface area (Å²) in [6.45, 7) is 7.04. The second-order valence-electron chi connectivity index (χ2n) is 4.97. The Balaban J connectivity index is 2.77. The molecule has 2 nitrogen and oxygen atoms in total. The summed E-state index contributed by atoms with van der Waals surface area (Å²) in [4.78, 5) is 0. The Morgan fingerprint density at radius 3 is 2.62 bits per heavy atom. The topological polar surface area (TPSA) is 39.8 Å². The first-order valence-electron chi connectivity index (χ1n) is 5.68. The molecule has 1 aliphatic rings. The lowest BCUT2D eigenvalue weighted by molar-refractivity contribution is 0.224. The lowest BCUT2D eigenvalue weighted by atomic mass is 9.72. The summed E-state index contributed by atoms with van der Waals surface area (Å²) < 4.78 is 0. The van der Waals surface area contributed by atoms with E-state index in [1.54, 1.807) is 0 Å². The summed E-state index contributed by atoms with van der Waals surface area (Å²) in [5.41, 5.74) is 2.73. The van der Waals surface area contributed by atoms with Crippen molar-refractivity contribution in [1.82, 2.24) is 0 Å². The molecule has 0 aliphatic heterocycles. The van der Waals surface area contributed by atoms with Gasteiger partial charge in [-0.05, 0) is 43.3 Å². The van der Waals surface area contributed by atoms with Gasteiger partial charge in [-0.1, -0.05) is 25.5 Å². The predicted octanol–water partition coefficient (Wildman–Crippen LogP) is 3.83. The molecule has 0 spiro atoms. The van der Waals surface area contributed by atoms with Crippen molar-refractivity contribution in [3.05, 3.63) is 42.4 Å². The highest BCUT2D eigenvalue weighted by atomic mass is 16.3. The van der Waals surface area contributed by atoms with Crippen LogP contribution < -0.4 is 0 Å². The molecule has 16 heavy (non-hydrogen) atoms. The Kier molecular flexibility index (Phi) is 4.75. The molecule has 0 heterocycles. The number of hydrogen-bond donors (Lipinski definition) is 0. The maximum atomic E-state index is 11.2. The van der Waals surface area contributed by atoms with E-state index in [4.69, 9.17) is 0 Å². The molecule has 1 aliphatic carbocycles. The smallest absolute Gasteiger partial charge is 0.164 e. The van der Waals surface area contributed by atoms with E-state index < -0.39 is 0 Å². The van der Waals surface area contributed by atoms with Crippen LogP contribution in [0, 0.1) is 24.5 Å². The van der Waals surface area contributed by atoms with E-state index in [9.17, 15) is 10.2 Å². The minimum atomic E-state index is -0.239. The summed E-state index contributed by atoms with van der Waals surface area (Å²) in [6, 6.07) is 0. The average Bonchev–Trinajstić information content (AvgIpc) is 2.16. The molecule has 2 heteroatoms.